The number of aromatic nitrogens is 4. The molecule has 4 rings (SSSR count). The highest BCUT2D eigenvalue weighted by atomic mass is 35.5. The molecule has 0 unspecified atom stereocenters. The minimum atomic E-state index is -0.363. The summed E-state index contributed by atoms with van der Waals surface area (Å²) in [4.78, 5) is 13.7. The smallest absolute Gasteiger partial charge is 0.163 e. The van der Waals surface area contributed by atoms with Crippen molar-refractivity contribution in [2.24, 2.45) is 7.05 Å². The Balaban J connectivity index is 1.48. The summed E-state index contributed by atoms with van der Waals surface area (Å²) in [6.07, 6.45) is 1.83. The molecule has 0 atom stereocenters. The van der Waals surface area contributed by atoms with Gasteiger partial charge in [0.25, 0.3) is 0 Å². The maximum absolute atomic E-state index is 13.6. The molecule has 1 aliphatic heterocycles. The highest BCUT2D eigenvalue weighted by Crippen LogP contribution is 2.25. The first-order chi connectivity index (χ1) is 12.5. The Morgan fingerprint density at radius 2 is 1.92 bits per heavy atom. The molecule has 0 spiro atoms. The number of halogens is 2. The summed E-state index contributed by atoms with van der Waals surface area (Å²) < 4.78 is 15.4. The van der Waals surface area contributed by atoms with Crippen LogP contribution in [-0.4, -0.2) is 50.8 Å². The van der Waals surface area contributed by atoms with E-state index in [4.69, 9.17) is 11.6 Å². The summed E-state index contributed by atoms with van der Waals surface area (Å²) in [5.74, 6) is 1.33. The number of piperazine rings is 1. The quantitative estimate of drug-likeness (QED) is 0.705. The van der Waals surface area contributed by atoms with Crippen LogP contribution in [0.2, 0.25) is 5.02 Å². The number of hydrogen-bond acceptors (Lipinski definition) is 5. The Morgan fingerprint density at radius 1 is 1.15 bits per heavy atom. The van der Waals surface area contributed by atoms with Gasteiger partial charge in [0.1, 0.15) is 17.5 Å². The average Bonchev–Trinajstić information content (AvgIpc) is 2.99. The van der Waals surface area contributed by atoms with Crippen LogP contribution in [0.25, 0.3) is 11.0 Å². The largest absolute Gasteiger partial charge is 0.353 e. The van der Waals surface area contributed by atoms with E-state index >= 15 is 0 Å². The van der Waals surface area contributed by atoms with E-state index in [-0.39, 0.29) is 10.8 Å². The first kappa shape index (κ1) is 17.2. The second-order valence-corrected chi connectivity index (χ2v) is 7.02. The van der Waals surface area contributed by atoms with Gasteiger partial charge in [0, 0.05) is 39.8 Å². The molecule has 2 aromatic heterocycles. The molecule has 1 fully saturated rings. The van der Waals surface area contributed by atoms with Crippen molar-refractivity contribution in [2.45, 2.75) is 13.5 Å². The normalized spacial score (nSPS) is 15.8. The number of hydrogen-bond donors (Lipinski definition) is 0. The van der Waals surface area contributed by atoms with Gasteiger partial charge in [-0.2, -0.15) is 5.10 Å². The van der Waals surface area contributed by atoms with E-state index in [1.165, 1.54) is 6.07 Å². The Kier molecular flexibility index (Phi) is 4.50. The SMILES string of the molecule is Cc1nc(N2CCN(Cc3ccc(Cl)c(F)c3)CC2)c2cnn(C)c2n1. The van der Waals surface area contributed by atoms with Gasteiger partial charge >= 0.3 is 0 Å². The highest BCUT2D eigenvalue weighted by molar-refractivity contribution is 6.30. The van der Waals surface area contributed by atoms with Gasteiger partial charge in [-0.25, -0.2) is 14.4 Å². The van der Waals surface area contributed by atoms with Crippen molar-refractivity contribution in [2.75, 3.05) is 31.1 Å². The molecule has 0 amide bonds. The van der Waals surface area contributed by atoms with Gasteiger partial charge in [-0.15, -0.1) is 0 Å². The molecule has 8 heteroatoms. The Morgan fingerprint density at radius 3 is 2.65 bits per heavy atom. The second kappa shape index (κ2) is 6.81. The van der Waals surface area contributed by atoms with Gasteiger partial charge in [-0.1, -0.05) is 17.7 Å². The van der Waals surface area contributed by atoms with E-state index in [0.29, 0.717) is 6.54 Å². The third-order valence-electron chi connectivity index (χ3n) is 4.75. The van der Waals surface area contributed by atoms with Crippen LogP contribution < -0.4 is 4.90 Å². The summed E-state index contributed by atoms with van der Waals surface area (Å²) in [7, 11) is 1.89. The lowest BCUT2D eigenvalue weighted by molar-refractivity contribution is 0.249. The molecule has 0 bridgehead atoms. The van der Waals surface area contributed by atoms with Crippen LogP contribution in [0.15, 0.2) is 24.4 Å². The minimum Gasteiger partial charge on any atom is -0.353 e. The van der Waals surface area contributed by atoms with E-state index in [1.54, 1.807) is 10.7 Å². The first-order valence-electron chi connectivity index (χ1n) is 8.59. The lowest BCUT2D eigenvalue weighted by Crippen LogP contribution is -2.46. The molecule has 3 heterocycles. The van der Waals surface area contributed by atoms with Crippen LogP contribution in [0.1, 0.15) is 11.4 Å². The lowest BCUT2D eigenvalue weighted by atomic mass is 10.2. The Labute approximate surface area is 156 Å². The molecular formula is C18H20ClFN6. The van der Waals surface area contributed by atoms with Crippen molar-refractivity contribution in [1.82, 2.24) is 24.6 Å². The molecule has 0 N–H and O–H groups in total. The summed E-state index contributed by atoms with van der Waals surface area (Å²) in [5.41, 5.74) is 1.79. The molecular weight excluding hydrogens is 355 g/mol. The maximum atomic E-state index is 13.6. The van der Waals surface area contributed by atoms with E-state index in [1.807, 2.05) is 26.2 Å². The number of rotatable bonds is 3. The zero-order valence-electron chi connectivity index (χ0n) is 14.8. The zero-order valence-corrected chi connectivity index (χ0v) is 15.5. The highest BCUT2D eigenvalue weighted by Gasteiger charge is 2.22. The van der Waals surface area contributed by atoms with Crippen LogP contribution in [-0.2, 0) is 13.6 Å². The molecule has 0 radical (unpaired) electrons. The molecule has 1 aliphatic rings. The molecule has 1 saturated heterocycles. The Hall–Kier alpha value is -2.25. The number of nitrogens with zero attached hydrogens (tertiary/aromatic N) is 6. The monoisotopic (exact) mass is 374 g/mol. The molecule has 136 valence electrons. The molecule has 26 heavy (non-hydrogen) atoms. The third kappa shape index (κ3) is 3.24. The Bertz CT molecular complexity index is 948. The van der Waals surface area contributed by atoms with Crippen LogP contribution in [0.4, 0.5) is 10.2 Å². The molecule has 6 nitrogen and oxygen atoms in total. The molecule has 0 saturated carbocycles. The van der Waals surface area contributed by atoms with Crippen LogP contribution in [0.3, 0.4) is 0 Å². The second-order valence-electron chi connectivity index (χ2n) is 6.61. The van der Waals surface area contributed by atoms with Gasteiger partial charge in [0.15, 0.2) is 5.65 Å². The number of anilines is 1. The van der Waals surface area contributed by atoms with Crippen LogP contribution in [0, 0.1) is 12.7 Å². The summed E-state index contributed by atoms with van der Waals surface area (Å²) in [6, 6.07) is 5.01. The van der Waals surface area contributed by atoms with Crippen LogP contribution >= 0.6 is 11.6 Å². The average molecular weight is 375 g/mol. The zero-order chi connectivity index (χ0) is 18.3. The van der Waals surface area contributed by atoms with E-state index in [9.17, 15) is 4.39 Å². The first-order valence-corrected chi connectivity index (χ1v) is 8.96. The topological polar surface area (TPSA) is 50.1 Å². The number of benzene rings is 1. The van der Waals surface area contributed by atoms with E-state index in [2.05, 4.69) is 24.9 Å². The van der Waals surface area contributed by atoms with Gasteiger partial charge in [-0.3, -0.25) is 9.58 Å². The van der Waals surface area contributed by atoms with E-state index in [0.717, 1.165) is 54.4 Å². The fraction of sp³-hybridized carbons (Fsp3) is 0.389. The van der Waals surface area contributed by atoms with Gasteiger partial charge < -0.3 is 4.90 Å². The standard InChI is InChI=1S/C18H20ClFN6/c1-12-22-17-14(10-21-24(17)2)18(23-12)26-7-5-25(6-8-26)11-13-3-4-15(19)16(20)9-13/h3-4,9-10H,5-8,11H2,1-2H3. The third-order valence-corrected chi connectivity index (χ3v) is 5.05. The van der Waals surface area contributed by atoms with Gasteiger partial charge in [0.2, 0.25) is 0 Å². The number of aryl methyl sites for hydroxylation is 2. The van der Waals surface area contributed by atoms with Crippen molar-refractivity contribution in [3.05, 3.63) is 46.6 Å². The van der Waals surface area contributed by atoms with Crippen molar-refractivity contribution in [3.8, 4) is 0 Å². The predicted octanol–water partition coefficient (Wildman–Crippen LogP) is 2.79. The van der Waals surface area contributed by atoms with Crippen LogP contribution in [0.5, 0.6) is 0 Å². The van der Waals surface area contributed by atoms with Gasteiger partial charge in [0.05, 0.1) is 16.6 Å². The fourth-order valence-corrected chi connectivity index (χ4v) is 3.49. The fourth-order valence-electron chi connectivity index (χ4n) is 3.37. The van der Waals surface area contributed by atoms with Crippen molar-refractivity contribution in [1.29, 1.82) is 0 Å². The predicted molar refractivity (Wildman–Crippen MR) is 99.9 cm³/mol. The summed E-state index contributed by atoms with van der Waals surface area (Å²) >= 11 is 5.76. The van der Waals surface area contributed by atoms with Crippen molar-refractivity contribution < 1.29 is 4.39 Å². The molecule has 0 aliphatic carbocycles. The summed E-state index contributed by atoms with van der Waals surface area (Å²) in [5, 5.41) is 5.45. The molecule has 3 aromatic rings. The number of fused-ring (bicyclic) bond motifs is 1. The van der Waals surface area contributed by atoms with Crippen molar-refractivity contribution >= 4 is 28.5 Å². The maximum Gasteiger partial charge on any atom is 0.163 e. The minimum absolute atomic E-state index is 0.165. The van der Waals surface area contributed by atoms with E-state index < -0.39 is 0 Å². The lowest BCUT2D eigenvalue weighted by Gasteiger charge is -2.35. The molecule has 1 aromatic carbocycles. The summed E-state index contributed by atoms with van der Waals surface area (Å²) in [6.45, 7) is 6.10. The van der Waals surface area contributed by atoms with Crippen molar-refractivity contribution in [3.63, 3.8) is 0 Å². The van der Waals surface area contributed by atoms with Gasteiger partial charge in [-0.05, 0) is 24.6 Å².